The number of carbonyl (C=O) groups excluding carboxylic acids is 1. The lowest BCUT2D eigenvalue weighted by atomic mass is 9.90. The highest BCUT2D eigenvalue weighted by Crippen LogP contribution is 2.42. The number of hydrogen-bond acceptors (Lipinski definition) is 5. The Morgan fingerprint density at radius 1 is 1.05 bits per heavy atom. The number of aliphatic hydroxyl groups is 1. The van der Waals surface area contributed by atoms with Gasteiger partial charge in [0.25, 0.3) is 5.91 Å². The highest BCUT2D eigenvalue weighted by Gasteiger charge is 2.28. The Bertz CT molecular complexity index is 1410. The fourth-order valence-electron chi connectivity index (χ4n) is 5.22. The Kier molecular flexibility index (Phi) is 7.16. The van der Waals surface area contributed by atoms with E-state index in [2.05, 4.69) is 48.9 Å². The van der Waals surface area contributed by atoms with Crippen molar-refractivity contribution >= 4 is 21.8 Å². The maximum absolute atomic E-state index is 12.0. The maximum Gasteiger partial charge on any atom is 0.257 e. The van der Waals surface area contributed by atoms with E-state index in [1.807, 2.05) is 24.3 Å². The summed E-state index contributed by atoms with van der Waals surface area (Å²) in [5.41, 5.74) is 7.27. The molecule has 1 unspecified atom stereocenters. The largest absolute Gasteiger partial charge is 0.493 e. The van der Waals surface area contributed by atoms with Crippen molar-refractivity contribution in [1.82, 2.24) is 4.72 Å². The summed E-state index contributed by atoms with van der Waals surface area (Å²) >= 11 is 0. The van der Waals surface area contributed by atoms with Crippen molar-refractivity contribution in [2.45, 2.75) is 58.7 Å². The van der Waals surface area contributed by atoms with Gasteiger partial charge in [-0.25, -0.2) is 4.21 Å². The lowest BCUT2D eigenvalue weighted by Crippen LogP contribution is -2.21. The molecule has 0 saturated carbocycles. The predicted octanol–water partition coefficient (Wildman–Crippen LogP) is 5.71. The summed E-state index contributed by atoms with van der Waals surface area (Å²) in [6.45, 7) is 8.27. The molecule has 0 bridgehead atoms. The van der Waals surface area contributed by atoms with Gasteiger partial charge in [0, 0.05) is 12.5 Å². The molecule has 3 aromatic rings. The Morgan fingerprint density at radius 2 is 1.76 bits per heavy atom. The maximum atomic E-state index is 12.0. The summed E-state index contributed by atoms with van der Waals surface area (Å²) in [5, 5.41) is 9.96. The van der Waals surface area contributed by atoms with E-state index in [0.717, 1.165) is 41.0 Å². The third-order valence-corrected chi connectivity index (χ3v) is 8.19. The summed E-state index contributed by atoms with van der Waals surface area (Å²) < 4.78 is 26.8. The average Bonchev–Trinajstić information content (AvgIpc) is 3.41. The quantitative estimate of drug-likeness (QED) is 0.389. The van der Waals surface area contributed by atoms with E-state index in [1.54, 1.807) is 13.8 Å². The number of rotatable bonds is 8. The number of carbonyl (C=O) groups is 1. The van der Waals surface area contributed by atoms with Crippen molar-refractivity contribution in [1.29, 1.82) is 0 Å². The monoisotopic (exact) mass is 531 g/mol. The van der Waals surface area contributed by atoms with E-state index in [4.69, 9.17) is 9.47 Å². The second kappa shape index (κ2) is 10.4. The van der Waals surface area contributed by atoms with Gasteiger partial charge in [0.15, 0.2) is 11.0 Å². The van der Waals surface area contributed by atoms with Gasteiger partial charge in [0.2, 0.25) is 0 Å². The number of hydrogen-bond donors (Lipinski definition) is 2. The Morgan fingerprint density at radius 3 is 2.39 bits per heavy atom. The number of aryl methyl sites for hydroxylation is 2. The molecule has 0 fully saturated rings. The molecule has 2 atom stereocenters. The Labute approximate surface area is 226 Å². The lowest BCUT2D eigenvalue weighted by Gasteiger charge is -2.19. The molecule has 2 N–H and O–H groups in total. The average molecular weight is 532 g/mol. The van der Waals surface area contributed by atoms with Gasteiger partial charge < -0.3 is 14.6 Å². The van der Waals surface area contributed by atoms with Crippen molar-refractivity contribution in [3.8, 4) is 22.6 Å². The van der Waals surface area contributed by atoms with Crippen LogP contribution in [0.25, 0.3) is 16.0 Å². The van der Waals surface area contributed by atoms with Crippen LogP contribution in [0.4, 0.5) is 0 Å². The molecule has 6 nitrogen and oxygen atoms in total. The van der Waals surface area contributed by atoms with Crippen LogP contribution in [0.15, 0.2) is 60.7 Å². The smallest absolute Gasteiger partial charge is 0.257 e. The number of ether oxygens (including phenoxy) is 2. The Balaban J connectivity index is 1.34. The van der Waals surface area contributed by atoms with Crippen LogP contribution in [0.3, 0.4) is 0 Å². The molecule has 38 heavy (non-hydrogen) atoms. The third kappa shape index (κ3) is 5.54. The molecule has 0 aromatic heterocycles. The van der Waals surface area contributed by atoms with E-state index < -0.39 is 16.6 Å². The van der Waals surface area contributed by atoms with Crippen molar-refractivity contribution in [3.63, 3.8) is 0 Å². The van der Waals surface area contributed by atoms with Gasteiger partial charge in [-0.2, -0.15) is 0 Å². The molecular weight excluding hydrogens is 498 g/mol. The van der Waals surface area contributed by atoms with Gasteiger partial charge in [-0.3, -0.25) is 9.52 Å². The molecule has 7 heteroatoms. The van der Waals surface area contributed by atoms with Crippen LogP contribution in [0.2, 0.25) is 0 Å². The van der Waals surface area contributed by atoms with Gasteiger partial charge in [0.1, 0.15) is 17.6 Å². The molecular formula is C31H33NO5S. The van der Waals surface area contributed by atoms with Gasteiger partial charge in [-0.05, 0) is 104 Å². The van der Waals surface area contributed by atoms with Gasteiger partial charge >= 0.3 is 0 Å². The van der Waals surface area contributed by atoms with Gasteiger partial charge in [-0.1, -0.05) is 30.3 Å². The fraction of sp³-hybridized carbons (Fsp3) is 0.323. The first kappa shape index (κ1) is 26.2. The zero-order valence-corrected chi connectivity index (χ0v) is 23.0. The zero-order valence-electron chi connectivity index (χ0n) is 22.2. The summed E-state index contributed by atoms with van der Waals surface area (Å²) in [7, 11) is -1.51. The van der Waals surface area contributed by atoms with Crippen LogP contribution in [-0.4, -0.2) is 27.4 Å². The second-order valence-electron chi connectivity index (χ2n) is 10.6. The predicted molar refractivity (Wildman–Crippen MR) is 150 cm³/mol. The first-order valence-corrected chi connectivity index (χ1v) is 14.0. The topological polar surface area (TPSA) is 84.9 Å². The van der Waals surface area contributed by atoms with Crippen molar-refractivity contribution in [2.75, 3.05) is 6.61 Å². The van der Waals surface area contributed by atoms with Crippen molar-refractivity contribution in [2.24, 2.45) is 0 Å². The van der Waals surface area contributed by atoms with E-state index in [-0.39, 0.29) is 12.0 Å². The number of nitrogens with one attached hydrogen (secondary N) is 1. The van der Waals surface area contributed by atoms with Crippen molar-refractivity contribution < 1.29 is 23.6 Å². The molecule has 5 rings (SSSR count). The zero-order chi connectivity index (χ0) is 27.0. The summed E-state index contributed by atoms with van der Waals surface area (Å²) in [6.07, 6.45) is 3.70. The highest BCUT2D eigenvalue weighted by molar-refractivity contribution is 7.93. The minimum absolute atomic E-state index is 0.0519. The van der Waals surface area contributed by atoms with E-state index in [1.165, 1.54) is 28.3 Å². The molecule has 3 aromatic carbocycles. The van der Waals surface area contributed by atoms with Crippen LogP contribution in [0.1, 0.15) is 60.6 Å². The Hall–Kier alpha value is -3.42. The molecule has 1 amide bonds. The minimum atomic E-state index is -1.51. The van der Waals surface area contributed by atoms with Crippen LogP contribution in [0.5, 0.6) is 11.5 Å². The normalized spacial score (nSPS) is 18.7. The summed E-state index contributed by atoms with van der Waals surface area (Å²) in [5.74, 6) is 1.22. The first-order valence-electron chi connectivity index (χ1n) is 12.9. The minimum Gasteiger partial charge on any atom is -0.493 e. The molecule has 0 saturated heterocycles. The van der Waals surface area contributed by atoms with Crippen LogP contribution >= 0.6 is 0 Å². The van der Waals surface area contributed by atoms with Gasteiger partial charge in [0.05, 0.1) is 17.1 Å². The second-order valence-corrected chi connectivity index (χ2v) is 11.8. The molecule has 1 heterocycles. The third-order valence-electron chi connectivity index (χ3n) is 7.05. The van der Waals surface area contributed by atoms with Crippen molar-refractivity contribution in [3.05, 3.63) is 88.5 Å². The van der Waals surface area contributed by atoms with Crippen LogP contribution in [0, 0.1) is 13.8 Å². The SMILES string of the molecule is Cc1cc(OCCC(C)(C)O)cc(C)c1-c1cccc2c1CC[C@H]2Oc1ccc(C2=CC(=O)NS2=O)cc1. The lowest BCUT2D eigenvalue weighted by molar-refractivity contribution is -0.114. The van der Waals surface area contributed by atoms with Crippen LogP contribution < -0.4 is 14.2 Å². The standard InChI is InChI=1S/C31H33NO5S/c1-19-16-23(36-15-14-31(3,4)34)17-20(2)30(19)26-7-5-6-25-24(26)12-13-27(25)37-22-10-8-21(9-11-22)28-18-29(33)32-38(28)35/h5-11,16-18,27,34H,12-15H2,1-4H3,(H,32,33)/t27-,38?/m1/s1. The van der Waals surface area contributed by atoms with Crippen LogP contribution in [-0.2, 0) is 22.2 Å². The molecule has 0 radical (unpaired) electrons. The van der Waals surface area contributed by atoms with Gasteiger partial charge in [-0.15, -0.1) is 0 Å². The fourth-order valence-corrected chi connectivity index (χ4v) is 6.14. The molecule has 1 aliphatic heterocycles. The molecule has 0 spiro atoms. The van der Waals surface area contributed by atoms with E-state index in [0.29, 0.717) is 17.9 Å². The number of amides is 1. The van der Waals surface area contributed by atoms with E-state index >= 15 is 0 Å². The van der Waals surface area contributed by atoms with E-state index in [9.17, 15) is 14.1 Å². The summed E-state index contributed by atoms with van der Waals surface area (Å²) in [4.78, 5) is 12.0. The molecule has 198 valence electrons. The molecule has 2 aliphatic rings. The summed E-state index contributed by atoms with van der Waals surface area (Å²) in [6, 6.07) is 18.0. The molecule has 1 aliphatic carbocycles. The number of benzene rings is 3. The number of fused-ring (bicyclic) bond motifs is 1. The first-order chi connectivity index (χ1) is 18.1. The highest BCUT2D eigenvalue weighted by atomic mass is 32.2.